The van der Waals surface area contributed by atoms with Crippen molar-refractivity contribution in [3.05, 3.63) is 29.0 Å². The van der Waals surface area contributed by atoms with Crippen LogP contribution >= 0.6 is 11.6 Å². The standard InChI is InChI=1S/C16H21ClFN3O3S/c1-21-15(16(22)19-11-6-7-13(18)12(17)8-11)9-14(20-25(21,23)24)10-4-2-3-5-10/h6-8,10,14-15,20H,2-5,9H2,1H3,(H,19,22)/t14?,15-/m1/s1. The maximum Gasteiger partial charge on any atom is 0.280 e. The van der Waals surface area contributed by atoms with Gasteiger partial charge in [0.2, 0.25) is 5.91 Å². The molecule has 0 radical (unpaired) electrons. The van der Waals surface area contributed by atoms with E-state index in [1.165, 1.54) is 19.2 Å². The first-order valence-corrected chi connectivity index (χ1v) is 10.1. The van der Waals surface area contributed by atoms with Gasteiger partial charge in [-0.3, -0.25) is 4.79 Å². The summed E-state index contributed by atoms with van der Waals surface area (Å²) in [4.78, 5) is 12.6. The minimum Gasteiger partial charge on any atom is -0.325 e. The molecule has 6 nitrogen and oxygen atoms in total. The second-order valence-corrected chi connectivity index (χ2v) is 8.83. The zero-order valence-electron chi connectivity index (χ0n) is 13.8. The fourth-order valence-corrected chi connectivity index (χ4v) is 5.13. The molecule has 1 amide bonds. The number of carbonyl (C=O) groups excluding carboxylic acids is 1. The van der Waals surface area contributed by atoms with Gasteiger partial charge in [-0.05, 0) is 43.4 Å². The maximum absolute atomic E-state index is 13.2. The van der Waals surface area contributed by atoms with Crippen LogP contribution in [0.5, 0.6) is 0 Å². The first kappa shape index (κ1) is 18.6. The van der Waals surface area contributed by atoms with E-state index in [1.54, 1.807) is 0 Å². The molecule has 1 saturated carbocycles. The van der Waals surface area contributed by atoms with Crippen LogP contribution in [0.2, 0.25) is 5.02 Å². The number of nitrogens with one attached hydrogen (secondary N) is 2. The highest BCUT2D eigenvalue weighted by Gasteiger charge is 2.43. The van der Waals surface area contributed by atoms with E-state index in [1.807, 2.05) is 0 Å². The van der Waals surface area contributed by atoms with Gasteiger partial charge in [-0.1, -0.05) is 24.4 Å². The topological polar surface area (TPSA) is 78.5 Å². The highest BCUT2D eigenvalue weighted by atomic mass is 35.5. The van der Waals surface area contributed by atoms with Crippen LogP contribution in [-0.4, -0.2) is 37.8 Å². The average Bonchev–Trinajstić information content (AvgIpc) is 3.07. The van der Waals surface area contributed by atoms with Crippen molar-refractivity contribution in [2.24, 2.45) is 5.92 Å². The third kappa shape index (κ3) is 3.97. The van der Waals surface area contributed by atoms with E-state index in [0.717, 1.165) is 36.1 Å². The number of hydrogen-bond donors (Lipinski definition) is 2. The van der Waals surface area contributed by atoms with Crippen LogP contribution in [0, 0.1) is 11.7 Å². The van der Waals surface area contributed by atoms with Crippen LogP contribution in [0.1, 0.15) is 32.1 Å². The highest BCUT2D eigenvalue weighted by molar-refractivity contribution is 7.87. The average molecular weight is 390 g/mol. The number of amides is 1. The Hall–Kier alpha value is -1.22. The number of likely N-dealkylation sites (N-methyl/N-ethyl adjacent to an activating group) is 1. The summed E-state index contributed by atoms with van der Waals surface area (Å²) in [6.07, 6.45) is 4.52. The van der Waals surface area contributed by atoms with E-state index in [9.17, 15) is 17.6 Å². The minimum atomic E-state index is -3.71. The number of rotatable bonds is 3. The predicted molar refractivity (Wildman–Crippen MR) is 94.0 cm³/mol. The van der Waals surface area contributed by atoms with E-state index >= 15 is 0 Å². The molecule has 1 heterocycles. The number of benzene rings is 1. The van der Waals surface area contributed by atoms with E-state index in [2.05, 4.69) is 10.0 Å². The molecule has 2 N–H and O–H groups in total. The van der Waals surface area contributed by atoms with Gasteiger partial charge in [0.15, 0.2) is 0 Å². The van der Waals surface area contributed by atoms with Gasteiger partial charge in [-0.15, -0.1) is 0 Å². The summed E-state index contributed by atoms with van der Waals surface area (Å²) in [6, 6.07) is 2.79. The molecule has 138 valence electrons. The smallest absolute Gasteiger partial charge is 0.280 e. The van der Waals surface area contributed by atoms with Gasteiger partial charge in [-0.25, -0.2) is 4.39 Å². The molecule has 1 aromatic carbocycles. The lowest BCUT2D eigenvalue weighted by molar-refractivity contribution is -0.120. The summed E-state index contributed by atoms with van der Waals surface area (Å²) in [5, 5.41) is 2.53. The second kappa shape index (κ2) is 7.19. The lowest BCUT2D eigenvalue weighted by Gasteiger charge is -2.38. The Bertz CT molecular complexity index is 768. The summed E-state index contributed by atoms with van der Waals surface area (Å²) in [7, 11) is -2.33. The molecule has 2 fully saturated rings. The summed E-state index contributed by atoms with van der Waals surface area (Å²) < 4.78 is 41.7. The molecule has 0 bridgehead atoms. The normalized spacial score (nSPS) is 27.3. The quantitative estimate of drug-likeness (QED) is 0.833. The zero-order chi connectivity index (χ0) is 18.2. The lowest BCUT2D eigenvalue weighted by Crippen LogP contribution is -2.60. The van der Waals surface area contributed by atoms with Gasteiger partial charge in [0, 0.05) is 18.8 Å². The highest BCUT2D eigenvalue weighted by Crippen LogP contribution is 2.33. The van der Waals surface area contributed by atoms with Crippen molar-refractivity contribution >= 4 is 33.4 Å². The van der Waals surface area contributed by atoms with Crippen molar-refractivity contribution < 1.29 is 17.6 Å². The molecular formula is C16H21ClFN3O3S. The van der Waals surface area contributed by atoms with Gasteiger partial charge in [0.1, 0.15) is 11.9 Å². The number of anilines is 1. The summed E-state index contributed by atoms with van der Waals surface area (Å²) in [6.45, 7) is 0. The third-order valence-corrected chi connectivity index (χ3v) is 6.96. The second-order valence-electron chi connectivity index (χ2n) is 6.66. The summed E-state index contributed by atoms with van der Waals surface area (Å²) in [5.41, 5.74) is 0.332. The van der Waals surface area contributed by atoms with Crippen molar-refractivity contribution in [2.45, 2.75) is 44.2 Å². The van der Waals surface area contributed by atoms with Gasteiger partial charge in [0.25, 0.3) is 10.2 Å². The Labute approximate surface area is 151 Å². The molecule has 1 saturated heterocycles. The first-order valence-electron chi connectivity index (χ1n) is 8.29. The summed E-state index contributed by atoms with van der Waals surface area (Å²) >= 11 is 5.72. The van der Waals surface area contributed by atoms with Crippen LogP contribution in [0.4, 0.5) is 10.1 Å². The predicted octanol–water partition coefficient (Wildman–Crippen LogP) is 2.51. The monoisotopic (exact) mass is 389 g/mol. The van der Waals surface area contributed by atoms with Crippen LogP contribution < -0.4 is 10.0 Å². The van der Waals surface area contributed by atoms with Crippen molar-refractivity contribution in [3.8, 4) is 0 Å². The Morgan fingerprint density at radius 3 is 2.68 bits per heavy atom. The molecule has 3 rings (SSSR count). The molecule has 2 atom stereocenters. The molecule has 1 unspecified atom stereocenters. The molecule has 25 heavy (non-hydrogen) atoms. The van der Waals surface area contributed by atoms with Gasteiger partial charge < -0.3 is 5.32 Å². The van der Waals surface area contributed by atoms with E-state index in [-0.39, 0.29) is 17.0 Å². The molecule has 0 aromatic heterocycles. The Kier molecular flexibility index (Phi) is 5.34. The van der Waals surface area contributed by atoms with E-state index in [4.69, 9.17) is 11.6 Å². The molecule has 1 aliphatic heterocycles. The fourth-order valence-electron chi connectivity index (χ4n) is 3.60. The van der Waals surface area contributed by atoms with Crippen molar-refractivity contribution in [1.29, 1.82) is 0 Å². The zero-order valence-corrected chi connectivity index (χ0v) is 15.4. The number of carbonyl (C=O) groups is 1. The SMILES string of the molecule is CN1[C@@H](C(=O)Nc2ccc(F)c(Cl)c2)CC(C2CCCC2)NS1(=O)=O. The van der Waals surface area contributed by atoms with Crippen molar-refractivity contribution in [3.63, 3.8) is 0 Å². The molecule has 1 aliphatic carbocycles. The minimum absolute atomic E-state index is 0.104. The third-order valence-electron chi connectivity index (χ3n) is 5.05. The molecular weight excluding hydrogens is 369 g/mol. The van der Waals surface area contributed by atoms with Gasteiger partial charge in [-0.2, -0.15) is 17.4 Å². The molecule has 2 aliphatic rings. The van der Waals surface area contributed by atoms with Gasteiger partial charge >= 0.3 is 0 Å². The maximum atomic E-state index is 13.2. The lowest BCUT2D eigenvalue weighted by atomic mass is 9.92. The number of halogens is 2. The van der Waals surface area contributed by atoms with E-state index in [0.29, 0.717) is 12.1 Å². The van der Waals surface area contributed by atoms with Crippen molar-refractivity contribution in [1.82, 2.24) is 9.03 Å². The molecule has 0 spiro atoms. The van der Waals surface area contributed by atoms with E-state index < -0.39 is 28.0 Å². The molecule has 1 aromatic rings. The fraction of sp³-hybridized carbons (Fsp3) is 0.562. The number of nitrogens with zero attached hydrogens (tertiary/aromatic N) is 1. The van der Waals surface area contributed by atoms with Crippen molar-refractivity contribution in [2.75, 3.05) is 12.4 Å². The summed E-state index contributed by atoms with van der Waals surface area (Å²) in [5.74, 6) is -0.764. The number of hydrogen-bond acceptors (Lipinski definition) is 3. The van der Waals surface area contributed by atoms with Crippen LogP contribution in [0.3, 0.4) is 0 Å². The molecule has 9 heteroatoms. The Morgan fingerprint density at radius 1 is 1.36 bits per heavy atom. The first-order chi connectivity index (χ1) is 11.8. The van der Waals surface area contributed by atoms with Crippen LogP contribution in [-0.2, 0) is 15.0 Å². The van der Waals surface area contributed by atoms with Crippen LogP contribution in [0.15, 0.2) is 18.2 Å². The van der Waals surface area contributed by atoms with Crippen LogP contribution in [0.25, 0.3) is 0 Å². The Morgan fingerprint density at radius 2 is 2.04 bits per heavy atom. The van der Waals surface area contributed by atoms with Gasteiger partial charge in [0.05, 0.1) is 5.02 Å². The largest absolute Gasteiger partial charge is 0.325 e. The Balaban J connectivity index is 1.77.